The average molecular weight is 438 g/mol. The van der Waals surface area contributed by atoms with Crippen molar-refractivity contribution in [1.29, 1.82) is 0 Å². The van der Waals surface area contributed by atoms with Gasteiger partial charge in [0, 0.05) is 6.04 Å². The van der Waals surface area contributed by atoms with Crippen LogP contribution in [0, 0.1) is 13.8 Å². The summed E-state index contributed by atoms with van der Waals surface area (Å²) in [7, 11) is 0. The normalized spacial score (nSPS) is 12.8. The number of hydrogen-bond acceptors (Lipinski definition) is 7. The SMILES string of the molecule is CCOC(=O)Cn1nnnc1C(NC(CC(=O)O)c1cccc(C)c1)c1cccc(C)c1. The molecule has 9 heteroatoms. The van der Waals surface area contributed by atoms with Crippen molar-refractivity contribution in [3.05, 3.63) is 76.6 Å². The Kier molecular flexibility index (Phi) is 7.67. The summed E-state index contributed by atoms with van der Waals surface area (Å²) in [5, 5.41) is 24.9. The van der Waals surface area contributed by atoms with Crippen molar-refractivity contribution in [3.8, 4) is 0 Å². The lowest BCUT2D eigenvalue weighted by Crippen LogP contribution is -2.32. The first-order chi connectivity index (χ1) is 15.4. The highest BCUT2D eigenvalue weighted by atomic mass is 16.5. The maximum atomic E-state index is 12.1. The van der Waals surface area contributed by atoms with E-state index in [1.54, 1.807) is 6.92 Å². The Morgan fingerprint density at radius 3 is 2.38 bits per heavy atom. The third kappa shape index (κ3) is 5.98. The van der Waals surface area contributed by atoms with Crippen molar-refractivity contribution >= 4 is 11.9 Å². The molecule has 0 saturated heterocycles. The van der Waals surface area contributed by atoms with Crippen molar-refractivity contribution in [2.24, 2.45) is 0 Å². The number of aliphatic carboxylic acids is 1. The van der Waals surface area contributed by atoms with Gasteiger partial charge in [0.1, 0.15) is 6.54 Å². The van der Waals surface area contributed by atoms with Gasteiger partial charge in [-0.1, -0.05) is 59.7 Å². The predicted octanol–water partition coefficient (Wildman–Crippen LogP) is 2.75. The van der Waals surface area contributed by atoms with Crippen LogP contribution < -0.4 is 5.32 Å². The minimum atomic E-state index is -0.932. The van der Waals surface area contributed by atoms with Gasteiger partial charge in [0.05, 0.1) is 19.1 Å². The van der Waals surface area contributed by atoms with Crippen LogP contribution in [-0.4, -0.2) is 43.9 Å². The van der Waals surface area contributed by atoms with Crippen LogP contribution in [0.25, 0.3) is 0 Å². The van der Waals surface area contributed by atoms with Crippen LogP contribution in [0.3, 0.4) is 0 Å². The van der Waals surface area contributed by atoms with E-state index in [2.05, 4.69) is 20.8 Å². The quantitative estimate of drug-likeness (QED) is 0.465. The molecule has 0 spiro atoms. The number of esters is 1. The second-order valence-electron chi connectivity index (χ2n) is 7.58. The van der Waals surface area contributed by atoms with Crippen molar-refractivity contribution in [2.75, 3.05) is 6.61 Å². The van der Waals surface area contributed by atoms with Gasteiger partial charge in [-0.3, -0.25) is 14.9 Å². The Hall–Kier alpha value is -3.59. The zero-order valence-electron chi connectivity index (χ0n) is 18.4. The van der Waals surface area contributed by atoms with E-state index in [4.69, 9.17) is 4.74 Å². The Morgan fingerprint density at radius 1 is 1.09 bits per heavy atom. The van der Waals surface area contributed by atoms with Crippen molar-refractivity contribution in [2.45, 2.75) is 45.8 Å². The molecule has 2 unspecified atom stereocenters. The van der Waals surface area contributed by atoms with Gasteiger partial charge in [-0.25, -0.2) is 4.68 Å². The van der Waals surface area contributed by atoms with Crippen LogP contribution in [0.1, 0.15) is 53.5 Å². The predicted molar refractivity (Wildman–Crippen MR) is 117 cm³/mol. The van der Waals surface area contributed by atoms with E-state index >= 15 is 0 Å². The van der Waals surface area contributed by atoms with E-state index in [0.29, 0.717) is 5.82 Å². The number of rotatable bonds is 10. The molecule has 3 rings (SSSR count). The molecular formula is C23H27N5O4. The van der Waals surface area contributed by atoms with E-state index in [1.165, 1.54) is 4.68 Å². The summed E-state index contributed by atoms with van der Waals surface area (Å²) in [6, 6.07) is 14.4. The van der Waals surface area contributed by atoms with Crippen LogP contribution >= 0.6 is 0 Å². The van der Waals surface area contributed by atoms with Crippen LogP contribution in [-0.2, 0) is 20.9 Å². The molecule has 2 atom stereocenters. The number of ether oxygens (including phenoxy) is 1. The molecule has 0 radical (unpaired) electrons. The zero-order valence-corrected chi connectivity index (χ0v) is 18.4. The topological polar surface area (TPSA) is 119 Å². The molecule has 3 aromatic rings. The number of carboxylic acids is 1. The number of aryl methyl sites for hydroxylation is 2. The molecule has 0 aliphatic carbocycles. The number of carbonyl (C=O) groups is 2. The van der Waals surface area contributed by atoms with Crippen LogP contribution in [0.5, 0.6) is 0 Å². The lowest BCUT2D eigenvalue weighted by atomic mass is 9.97. The summed E-state index contributed by atoms with van der Waals surface area (Å²) in [5.74, 6) is -0.991. The number of tetrazole rings is 1. The molecule has 2 N–H and O–H groups in total. The fourth-order valence-corrected chi connectivity index (χ4v) is 3.57. The molecule has 2 aromatic carbocycles. The largest absolute Gasteiger partial charge is 0.481 e. The third-order valence-electron chi connectivity index (χ3n) is 4.97. The number of nitrogens with one attached hydrogen (secondary N) is 1. The summed E-state index contributed by atoms with van der Waals surface area (Å²) in [4.78, 5) is 23.7. The van der Waals surface area contributed by atoms with Gasteiger partial charge < -0.3 is 9.84 Å². The maximum Gasteiger partial charge on any atom is 0.327 e. The fourth-order valence-electron chi connectivity index (χ4n) is 3.57. The summed E-state index contributed by atoms with van der Waals surface area (Å²) in [6.45, 7) is 5.77. The molecule has 0 aliphatic heterocycles. The van der Waals surface area contributed by atoms with E-state index in [9.17, 15) is 14.7 Å². The highest BCUT2D eigenvalue weighted by molar-refractivity contribution is 5.69. The molecule has 0 fully saturated rings. The molecule has 0 saturated carbocycles. The molecule has 0 amide bonds. The molecule has 0 aliphatic rings. The van der Waals surface area contributed by atoms with Gasteiger partial charge >= 0.3 is 11.9 Å². The smallest absolute Gasteiger partial charge is 0.327 e. The monoisotopic (exact) mass is 437 g/mol. The van der Waals surface area contributed by atoms with Gasteiger partial charge in [-0.15, -0.1) is 5.10 Å². The minimum Gasteiger partial charge on any atom is -0.481 e. The molecule has 1 aromatic heterocycles. The first-order valence-corrected chi connectivity index (χ1v) is 10.4. The number of carbonyl (C=O) groups excluding carboxylic acids is 1. The number of hydrogen-bond donors (Lipinski definition) is 2. The van der Waals surface area contributed by atoms with Crippen molar-refractivity contribution in [1.82, 2.24) is 25.5 Å². The molecule has 1 heterocycles. The molecule has 0 bridgehead atoms. The highest BCUT2D eigenvalue weighted by Crippen LogP contribution is 2.27. The second kappa shape index (κ2) is 10.6. The van der Waals surface area contributed by atoms with Gasteiger partial charge in [0.25, 0.3) is 0 Å². The summed E-state index contributed by atoms with van der Waals surface area (Å²) in [5.41, 5.74) is 3.76. The number of benzene rings is 2. The first-order valence-electron chi connectivity index (χ1n) is 10.4. The summed E-state index contributed by atoms with van der Waals surface area (Å²) >= 11 is 0. The van der Waals surface area contributed by atoms with Crippen LogP contribution in [0.2, 0.25) is 0 Å². The molecule has 32 heavy (non-hydrogen) atoms. The lowest BCUT2D eigenvalue weighted by molar-refractivity contribution is -0.144. The Labute approximate surface area is 186 Å². The van der Waals surface area contributed by atoms with Crippen LogP contribution in [0.4, 0.5) is 0 Å². The second-order valence-corrected chi connectivity index (χ2v) is 7.58. The van der Waals surface area contributed by atoms with Crippen molar-refractivity contribution < 1.29 is 19.4 Å². The zero-order chi connectivity index (χ0) is 23.1. The number of carboxylic acid groups (broad SMARTS) is 1. The van der Waals surface area contributed by atoms with E-state index in [-0.39, 0.29) is 19.6 Å². The molecule has 9 nitrogen and oxygen atoms in total. The summed E-state index contributed by atoms with van der Waals surface area (Å²) < 4.78 is 6.42. The Bertz CT molecular complexity index is 1080. The van der Waals surface area contributed by atoms with E-state index in [0.717, 1.165) is 22.3 Å². The summed E-state index contributed by atoms with van der Waals surface area (Å²) in [6.07, 6.45) is -0.134. The Balaban J connectivity index is 2.02. The molecule has 168 valence electrons. The average Bonchev–Trinajstić information content (AvgIpc) is 3.18. The lowest BCUT2D eigenvalue weighted by Gasteiger charge is -2.25. The third-order valence-corrected chi connectivity index (χ3v) is 4.97. The van der Waals surface area contributed by atoms with Gasteiger partial charge in [0.2, 0.25) is 0 Å². The molecular weight excluding hydrogens is 410 g/mol. The van der Waals surface area contributed by atoms with Gasteiger partial charge in [0.15, 0.2) is 5.82 Å². The number of aromatic nitrogens is 4. The van der Waals surface area contributed by atoms with E-state index < -0.39 is 24.0 Å². The standard InChI is InChI=1S/C23H27N5O4/c1-4-32-21(31)14-28-23(25-26-27-28)22(18-10-6-8-16(3)12-18)24-19(13-20(29)30)17-9-5-7-15(2)11-17/h5-12,19,22,24H,4,13-14H2,1-3H3,(H,29,30). The number of nitrogens with zero attached hydrogens (tertiary/aromatic N) is 4. The highest BCUT2D eigenvalue weighted by Gasteiger charge is 2.27. The van der Waals surface area contributed by atoms with Gasteiger partial charge in [-0.05, 0) is 42.3 Å². The first kappa shape index (κ1) is 23.1. The van der Waals surface area contributed by atoms with Crippen LogP contribution in [0.15, 0.2) is 48.5 Å². The minimum absolute atomic E-state index is 0.134. The Morgan fingerprint density at radius 2 is 1.75 bits per heavy atom. The van der Waals surface area contributed by atoms with Gasteiger partial charge in [-0.2, -0.15) is 0 Å². The fraction of sp³-hybridized carbons (Fsp3) is 0.348. The maximum absolute atomic E-state index is 12.1. The van der Waals surface area contributed by atoms with Crippen molar-refractivity contribution in [3.63, 3.8) is 0 Å². The van der Waals surface area contributed by atoms with E-state index in [1.807, 2.05) is 62.4 Å².